The number of nitrogen functional groups attached to an aromatic ring is 1. The van der Waals surface area contributed by atoms with E-state index in [1.54, 1.807) is 42.5 Å². The molecule has 0 fully saturated rings. The number of nitrogens with zero attached hydrogens (tertiary/aromatic N) is 1. The molecule has 0 bridgehead atoms. The summed E-state index contributed by atoms with van der Waals surface area (Å²) < 4.78 is 10.1. The molecule has 0 atom stereocenters. The Hall–Kier alpha value is -2.56. The maximum atomic E-state index is 11.1. The third-order valence-corrected chi connectivity index (χ3v) is 2.47. The third kappa shape index (κ3) is 3.70. The molecule has 0 aliphatic heterocycles. The SMILES string of the molecule is COC(=O)Cc1ccc(Oc2cccc(N)n2)cc1. The van der Waals surface area contributed by atoms with Crippen LogP contribution in [0.4, 0.5) is 5.82 Å². The average Bonchev–Trinajstić information content (AvgIpc) is 2.41. The fraction of sp³-hybridized carbons (Fsp3) is 0.143. The van der Waals surface area contributed by atoms with Gasteiger partial charge in [0.05, 0.1) is 13.5 Å². The highest BCUT2D eigenvalue weighted by atomic mass is 16.5. The van der Waals surface area contributed by atoms with E-state index in [0.717, 1.165) is 5.56 Å². The molecule has 2 aromatic rings. The fourth-order valence-electron chi connectivity index (χ4n) is 1.52. The second kappa shape index (κ2) is 5.86. The minimum absolute atomic E-state index is 0.243. The highest BCUT2D eigenvalue weighted by molar-refractivity contribution is 5.72. The summed E-state index contributed by atoms with van der Waals surface area (Å²) >= 11 is 0. The van der Waals surface area contributed by atoms with E-state index in [-0.39, 0.29) is 12.4 Å². The third-order valence-electron chi connectivity index (χ3n) is 2.47. The number of benzene rings is 1. The van der Waals surface area contributed by atoms with Crippen molar-refractivity contribution in [3.05, 3.63) is 48.0 Å². The monoisotopic (exact) mass is 258 g/mol. The maximum Gasteiger partial charge on any atom is 0.309 e. The molecule has 0 unspecified atom stereocenters. The lowest BCUT2D eigenvalue weighted by Gasteiger charge is -2.06. The van der Waals surface area contributed by atoms with Crippen molar-refractivity contribution < 1.29 is 14.3 Å². The molecule has 19 heavy (non-hydrogen) atoms. The first-order valence-electron chi connectivity index (χ1n) is 5.73. The quantitative estimate of drug-likeness (QED) is 0.851. The summed E-state index contributed by atoms with van der Waals surface area (Å²) in [6.07, 6.45) is 0.243. The van der Waals surface area contributed by atoms with Gasteiger partial charge in [-0.3, -0.25) is 4.79 Å². The predicted molar refractivity (Wildman–Crippen MR) is 70.9 cm³/mol. The van der Waals surface area contributed by atoms with Crippen molar-refractivity contribution in [1.82, 2.24) is 4.98 Å². The summed E-state index contributed by atoms with van der Waals surface area (Å²) in [7, 11) is 1.37. The van der Waals surface area contributed by atoms with E-state index >= 15 is 0 Å². The summed E-state index contributed by atoms with van der Waals surface area (Å²) in [5.41, 5.74) is 6.42. The molecule has 98 valence electrons. The van der Waals surface area contributed by atoms with Gasteiger partial charge in [0, 0.05) is 6.07 Å². The van der Waals surface area contributed by atoms with Gasteiger partial charge in [0.1, 0.15) is 11.6 Å². The van der Waals surface area contributed by atoms with Gasteiger partial charge in [0.25, 0.3) is 0 Å². The summed E-state index contributed by atoms with van der Waals surface area (Å²) in [6, 6.07) is 12.3. The van der Waals surface area contributed by atoms with E-state index in [4.69, 9.17) is 10.5 Å². The van der Waals surface area contributed by atoms with Crippen LogP contribution in [0.15, 0.2) is 42.5 Å². The average molecular weight is 258 g/mol. The van der Waals surface area contributed by atoms with Gasteiger partial charge in [0.15, 0.2) is 0 Å². The number of hydrogen-bond acceptors (Lipinski definition) is 5. The van der Waals surface area contributed by atoms with E-state index in [2.05, 4.69) is 9.72 Å². The number of rotatable bonds is 4. The second-order valence-corrected chi connectivity index (χ2v) is 3.90. The van der Waals surface area contributed by atoms with Crippen molar-refractivity contribution in [1.29, 1.82) is 0 Å². The van der Waals surface area contributed by atoms with Crippen LogP contribution in [0.5, 0.6) is 11.6 Å². The van der Waals surface area contributed by atoms with E-state index < -0.39 is 0 Å². The van der Waals surface area contributed by atoms with Crippen LogP contribution in [0.25, 0.3) is 0 Å². The molecule has 0 saturated heterocycles. The first-order chi connectivity index (χ1) is 9.17. The predicted octanol–water partition coefficient (Wildman–Crippen LogP) is 2.17. The first kappa shape index (κ1) is 12.9. The van der Waals surface area contributed by atoms with E-state index in [0.29, 0.717) is 17.4 Å². The van der Waals surface area contributed by atoms with E-state index in [1.807, 2.05) is 0 Å². The van der Waals surface area contributed by atoms with Gasteiger partial charge in [-0.25, -0.2) is 0 Å². The van der Waals surface area contributed by atoms with Crippen molar-refractivity contribution in [2.24, 2.45) is 0 Å². The Morgan fingerprint density at radius 1 is 1.21 bits per heavy atom. The van der Waals surface area contributed by atoms with Gasteiger partial charge in [-0.05, 0) is 23.8 Å². The molecule has 0 aliphatic carbocycles. The van der Waals surface area contributed by atoms with Crippen molar-refractivity contribution in [2.45, 2.75) is 6.42 Å². The zero-order chi connectivity index (χ0) is 13.7. The van der Waals surface area contributed by atoms with Gasteiger partial charge in [0.2, 0.25) is 5.88 Å². The molecule has 1 heterocycles. The van der Waals surface area contributed by atoms with Gasteiger partial charge < -0.3 is 15.2 Å². The smallest absolute Gasteiger partial charge is 0.309 e. The Morgan fingerprint density at radius 3 is 2.58 bits per heavy atom. The zero-order valence-corrected chi connectivity index (χ0v) is 10.5. The van der Waals surface area contributed by atoms with Gasteiger partial charge in [-0.2, -0.15) is 4.98 Å². The van der Waals surface area contributed by atoms with Gasteiger partial charge >= 0.3 is 5.97 Å². The molecule has 0 amide bonds. The van der Waals surface area contributed by atoms with E-state index in [1.165, 1.54) is 7.11 Å². The Balaban J connectivity index is 2.04. The Morgan fingerprint density at radius 2 is 1.95 bits per heavy atom. The molecular weight excluding hydrogens is 244 g/mol. The summed E-state index contributed by atoms with van der Waals surface area (Å²) in [5.74, 6) is 1.19. The minimum atomic E-state index is -0.272. The second-order valence-electron chi connectivity index (χ2n) is 3.90. The van der Waals surface area contributed by atoms with E-state index in [9.17, 15) is 4.79 Å². The number of carbonyl (C=O) groups excluding carboxylic acids is 1. The molecular formula is C14H14N2O3. The van der Waals surface area contributed by atoms with Crippen LogP contribution in [0.2, 0.25) is 0 Å². The molecule has 2 N–H and O–H groups in total. The number of carbonyl (C=O) groups is 1. The number of aromatic nitrogens is 1. The van der Waals surface area contributed by atoms with Crippen LogP contribution in [-0.2, 0) is 16.0 Å². The normalized spacial score (nSPS) is 9.95. The van der Waals surface area contributed by atoms with Crippen LogP contribution in [0, 0.1) is 0 Å². The first-order valence-corrected chi connectivity index (χ1v) is 5.73. The molecule has 2 rings (SSSR count). The Labute approximate surface area is 111 Å². The molecule has 1 aromatic carbocycles. The van der Waals surface area contributed by atoms with Crippen LogP contribution in [0.3, 0.4) is 0 Å². The van der Waals surface area contributed by atoms with Crippen LogP contribution in [0.1, 0.15) is 5.56 Å². The molecule has 0 aliphatic rings. The van der Waals surface area contributed by atoms with Crippen molar-refractivity contribution in [3.8, 4) is 11.6 Å². The van der Waals surface area contributed by atoms with Crippen LogP contribution >= 0.6 is 0 Å². The molecule has 0 spiro atoms. The number of nitrogens with two attached hydrogens (primary N) is 1. The number of methoxy groups -OCH3 is 1. The summed E-state index contributed by atoms with van der Waals surface area (Å²) in [5, 5.41) is 0. The van der Waals surface area contributed by atoms with Gasteiger partial charge in [-0.1, -0.05) is 18.2 Å². The summed E-state index contributed by atoms with van der Waals surface area (Å²) in [4.78, 5) is 15.2. The maximum absolute atomic E-state index is 11.1. The van der Waals surface area contributed by atoms with Crippen molar-refractivity contribution >= 4 is 11.8 Å². The number of pyridine rings is 1. The highest BCUT2D eigenvalue weighted by Gasteiger charge is 2.04. The zero-order valence-electron chi connectivity index (χ0n) is 10.5. The lowest BCUT2D eigenvalue weighted by atomic mass is 10.1. The lowest BCUT2D eigenvalue weighted by molar-refractivity contribution is -0.139. The van der Waals surface area contributed by atoms with Crippen LogP contribution < -0.4 is 10.5 Å². The molecule has 5 heteroatoms. The lowest BCUT2D eigenvalue weighted by Crippen LogP contribution is -2.04. The number of hydrogen-bond donors (Lipinski definition) is 1. The Kier molecular flexibility index (Phi) is 3.97. The summed E-state index contributed by atoms with van der Waals surface area (Å²) in [6.45, 7) is 0. The van der Waals surface area contributed by atoms with Gasteiger partial charge in [-0.15, -0.1) is 0 Å². The van der Waals surface area contributed by atoms with Crippen LogP contribution in [-0.4, -0.2) is 18.1 Å². The molecule has 1 aromatic heterocycles. The number of esters is 1. The molecule has 0 saturated carbocycles. The van der Waals surface area contributed by atoms with Crippen molar-refractivity contribution in [3.63, 3.8) is 0 Å². The molecule has 5 nitrogen and oxygen atoms in total. The fourth-order valence-corrected chi connectivity index (χ4v) is 1.52. The van der Waals surface area contributed by atoms with Crippen molar-refractivity contribution in [2.75, 3.05) is 12.8 Å². The number of ether oxygens (including phenoxy) is 2. The minimum Gasteiger partial charge on any atom is -0.469 e. The Bertz CT molecular complexity index is 567. The number of anilines is 1. The largest absolute Gasteiger partial charge is 0.469 e. The molecule has 0 radical (unpaired) electrons. The standard InChI is InChI=1S/C14H14N2O3/c1-18-14(17)9-10-5-7-11(8-6-10)19-13-4-2-3-12(15)16-13/h2-8H,9H2,1H3,(H2,15,16). The highest BCUT2D eigenvalue weighted by Crippen LogP contribution is 2.20. The topological polar surface area (TPSA) is 74.4 Å².